The van der Waals surface area contributed by atoms with Crippen LogP contribution < -0.4 is 5.73 Å². The summed E-state index contributed by atoms with van der Waals surface area (Å²) >= 11 is 0. The van der Waals surface area contributed by atoms with Gasteiger partial charge in [-0.05, 0) is 24.2 Å². The maximum atomic E-state index is 12.0. The molecular formula is C12H23NO4S. The molecule has 1 fully saturated rings. The van der Waals surface area contributed by atoms with E-state index in [1.807, 2.05) is 13.8 Å². The van der Waals surface area contributed by atoms with Gasteiger partial charge in [-0.3, -0.25) is 4.79 Å². The van der Waals surface area contributed by atoms with Crippen molar-refractivity contribution in [2.24, 2.45) is 17.1 Å². The van der Waals surface area contributed by atoms with Gasteiger partial charge in [0.15, 0.2) is 9.84 Å². The van der Waals surface area contributed by atoms with Crippen LogP contribution in [0.1, 0.15) is 33.1 Å². The highest BCUT2D eigenvalue weighted by atomic mass is 32.2. The van der Waals surface area contributed by atoms with Gasteiger partial charge in [0.25, 0.3) is 0 Å². The molecule has 0 amide bonds. The molecule has 106 valence electrons. The molecule has 1 unspecified atom stereocenters. The molecule has 6 heteroatoms. The van der Waals surface area contributed by atoms with E-state index in [1.54, 1.807) is 0 Å². The molecule has 0 bridgehead atoms. The number of esters is 1. The van der Waals surface area contributed by atoms with Crippen LogP contribution in [0.15, 0.2) is 0 Å². The number of rotatable bonds is 7. The molecule has 1 rings (SSSR count). The topological polar surface area (TPSA) is 86.5 Å². The molecule has 5 nitrogen and oxygen atoms in total. The summed E-state index contributed by atoms with van der Waals surface area (Å²) < 4.78 is 28.7. The number of carbonyl (C=O) groups is 1. The van der Waals surface area contributed by atoms with Crippen LogP contribution in [0.3, 0.4) is 0 Å². The lowest BCUT2D eigenvalue weighted by Crippen LogP contribution is -2.37. The predicted octanol–water partition coefficient (Wildman–Crippen LogP) is 0.728. The van der Waals surface area contributed by atoms with Gasteiger partial charge in [-0.15, -0.1) is 0 Å². The molecule has 0 heterocycles. The van der Waals surface area contributed by atoms with Crippen molar-refractivity contribution in [1.82, 2.24) is 0 Å². The first kappa shape index (κ1) is 15.4. The third kappa shape index (κ3) is 4.57. The third-order valence-electron chi connectivity index (χ3n) is 3.53. The van der Waals surface area contributed by atoms with E-state index in [9.17, 15) is 13.2 Å². The van der Waals surface area contributed by atoms with Gasteiger partial charge in [0, 0.05) is 6.04 Å². The van der Waals surface area contributed by atoms with Crippen LogP contribution >= 0.6 is 0 Å². The van der Waals surface area contributed by atoms with Gasteiger partial charge in [-0.1, -0.05) is 13.8 Å². The van der Waals surface area contributed by atoms with E-state index >= 15 is 0 Å². The quantitative estimate of drug-likeness (QED) is 0.693. The van der Waals surface area contributed by atoms with E-state index in [0.717, 1.165) is 12.8 Å². The summed E-state index contributed by atoms with van der Waals surface area (Å²) in [6.45, 7) is 3.81. The normalized spacial score (nSPS) is 19.6. The Hall–Kier alpha value is -0.620. The number of hydrogen-bond acceptors (Lipinski definition) is 5. The largest absolute Gasteiger partial charge is 0.469 e. The molecule has 1 aliphatic carbocycles. The van der Waals surface area contributed by atoms with E-state index in [-0.39, 0.29) is 41.3 Å². The van der Waals surface area contributed by atoms with Crippen LogP contribution in [0.4, 0.5) is 0 Å². The molecule has 1 saturated carbocycles. The van der Waals surface area contributed by atoms with Crippen LogP contribution in [0, 0.1) is 11.3 Å². The van der Waals surface area contributed by atoms with Crippen molar-refractivity contribution >= 4 is 15.8 Å². The smallest absolute Gasteiger partial charge is 0.306 e. The van der Waals surface area contributed by atoms with Crippen molar-refractivity contribution in [3.8, 4) is 0 Å². The minimum Gasteiger partial charge on any atom is -0.469 e. The average Bonchev–Trinajstić information content (AvgIpc) is 2.95. The van der Waals surface area contributed by atoms with Gasteiger partial charge >= 0.3 is 5.97 Å². The summed E-state index contributed by atoms with van der Waals surface area (Å²) in [5.74, 6) is -0.158. The lowest BCUT2D eigenvalue weighted by molar-refractivity contribution is -0.141. The molecule has 1 atom stereocenters. The second-order valence-corrected chi connectivity index (χ2v) is 7.82. The van der Waals surface area contributed by atoms with Crippen LogP contribution in [0.5, 0.6) is 0 Å². The second-order valence-electron chi connectivity index (χ2n) is 5.72. The summed E-state index contributed by atoms with van der Waals surface area (Å²) in [4.78, 5) is 11.2. The molecule has 0 radical (unpaired) electrons. The number of carbonyl (C=O) groups excluding carboxylic acids is 1. The zero-order chi connectivity index (χ0) is 14.0. The number of ether oxygens (including phenoxy) is 1. The summed E-state index contributed by atoms with van der Waals surface area (Å²) in [5, 5.41) is 0. The van der Waals surface area contributed by atoms with Gasteiger partial charge in [-0.25, -0.2) is 8.42 Å². The monoisotopic (exact) mass is 277 g/mol. The second kappa shape index (κ2) is 5.57. The Bertz CT molecular complexity index is 398. The van der Waals surface area contributed by atoms with E-state index in [4.69, 9.17) is 5.73 Å². The maximum Gasteiger partial charge on any atom is 0.306 e. The Morgan fingerprint density at radius 1 is 1.39 bits per heavy atom. The zero-order valence-electron chi connectivity index (χ0n) is 11.3. The van der Waals surface area contributed by atoms with Gasteiger partial charge in [0.1, 0.15) is 0 Å². The molecule has 0 aromatic rings. The number of hydrogen-bond donors (Lipinski definition) is 1. The van der Waals surface area contributed by atoms with Crippen molar-refractivity contribution in [3.05, 3.63) is 0 Å². The summed E-state index contributed by atoms with van der Waals surface area (Å²) in [5.41, 5.74) is 5.41. The first-order valence-electron chi connectivity index (χ1n) is 6.22. The fourth-order valence-electron chi connectivity index (χ4n) is 1.94. The Kier molecular flexibility index (Phi) is 4.78. The van der Waals surface area contributed by atoms with Crippen LogP contribution in [-0.4, -0.2) is 39.0 Å². The van der Waals surface area contributed by atoms with E-state index in [2.05, 4.69) is 4.74 Å². The van der Waals surface area contributed by atoms with E-state index < -0.39 is 9.84 Å². The Labute approximate surface area is 109 Å². The lowest BCUT2D eigenvalue weighted by atomic mass is 10.1. The number of nitrogens with two attached hydrogens (primary N) is 1. The van der Waals surface area contributed by atoms with Gasteiger partial charge in [0.05, 0.1) is 25.0 Å². The number of sulfone groups is 1. The van der Waals surface area contributed by atoms with Crippen molar-refractivity contribution < 1.29 is 17.9 Å². The van der Waals surface area contributed by atoms with Gasteiger partial charge in [-0.2, -0.15) is 0 Å². The highest BCUT2D eigenvalue weighted by Crippen LogP contribution is 2.50. The lowest BCUT2D eigenvalue weighted by Gasteiger charge is -2.18. The molecule has 0 aliphatic heterocycles. The summed E-state index contributed by atoms with van der Waals surface area (Å²) in [7, 11) is -1.89. The minimum absolute atomic E-state index is 0.00636. The van der Waals surface area contributed by atoms with E-state index in [0.29, 0.717) is 0 Å². The third-order valence-corrected chi connectivity index (χ3v) is 5.48. The fourth-order valence-corrected chi connectivity index (χ4v) is 4.35. The maximum absolute atomic E-state index is 12.0. The van der Waals surface area contributed by atoms with Crippen molar-refractivity contribution in [1.29, 1.82) is 0 Å². The predicted molar refractivity (Wildman–Crippen MR) is 69.8 cm³/mol. The molecule has 18 heavy (non-hydrogen) atoms. The fraction of sp³-hybridized carbons (Fsp3) is 0.917. The Morgan fingerprint density at radius 3 is 2.33 bits per heavy atom. The molecule has 0 aromatic heterocycles. The standard InChI is InChI=1S/C12H23NO4S/c1-9(2)10(13)7-18(15,16)8-12(4-5-12)6-11(14)17-3/h9-10H,4-8,13H2,1-3H3. The molecule has 1 aliphatic rings. The highest BCUT2D eigenvalue weighted by Gasteiger charge is 2.48. The van der Waals surface area contributed by atoms with Crippen molar-refractivity contribution in [2.75, 3.05) is 18.6 Å². The summed E-state index contributed by atoms with van der Waals surface area (Å²) in [6, 6.07) is -0.344. The van der Waals surface area contributed by atoms with Gasteiger partial charge < -0.3 is 10.5 Å². The SMILES string of the molecule is COC(=O)CC1(CS(=O)(=O)CC(N)C(C)C)CC1. The molecule has 0 aromatic carbocycles. The number of methoxy groups -OCH3 is 1. The van der Waals surface area contributed by atoms with Crippen LogP contribution in [-0.2, 0) is 19.4 Å². The van der Waals surface area contributed by atoms with Crippen molar-refractivity contribution in [3.63, 3.8) is 0 Å². The van der Waals surface area contributed by atoms with E-state index in [1.165, 1.54) is 7.11 Å². The van der Waals surface area contributed by atoms with Crippen LogP contribution in [0.25, 0.3) is 0 Å². The molecule has 0 saturated heterocycles. The molecular weight excluding hydrogens is 254 g/mol. The molecule has 0 spiro atoms. The Balaban J connectivity index is 2.58. The minimum atomic E-state index is -3.21. The van der Waals surface area contributed by atoms with Crippen molar-refractivity contribution in [2.45, 2.75) is 39.2 Å². The first-order chi connectivity index (χ1) is 8.20. The van der Waals surface area contributed by atoms with Gasteiger partial charge in [0.2, 0.25) is 0 Å². The average molecular weight is 277 g/mol. The van der Waals surface area contributed by atoms with Crippen LogP contribution in [0.2, 0.25) is 0 Å². The zero-order valence-corrected chi connectivity index (χ0v) is 12.1. The highest BCUT2D eigenvalue weighted by molar-refractivity contribution is 7.91. The molecule has 2 N–H and O–H groups in total. The summed E-state index contributed by atoms with van der Waals surface area (Å²) in [6.07, 6.45) is 1.75. The Morgan fingerprint density at radius 2 is 1.94 bits per heavy atom. The first-order valence-corrected chi connectivity index (χ1v) is 8.05.